The normalized spacial score (nSPS) is 11.0. The zero-order chi connectivity index (χ0) is 33.2. The molecule has 8 rings (SSSR count). The molecule has 0 aliphatic rings. The average Bonchev–Trinajstić information content (AvgIpc) is 3.89. The van der Waals surface area contributed by atoms with Crippen LogP contribution in [-0.2, 0) is 14.1 Å². The lowest BCUT2D eigenvalue weighted by molar-refractivity contribution is 0.386. The lowest BCUT2D eigenvalue weighted by Crippen LogP contribution is -2.02. The summed E-state index contributed by atoms with van der Waals surface area (Å²) in [6.45, 7) is 0. The van der Waals surface area contributed by atoms with Crippen molar-refractivity contribution in [2.75, 3.05) is 17.7 Å². The lowest BCUT2D eigenvalue weighted by atomic mass is 10.3. The molecule has 0 unspecified atom stereocenters. The van der Waals surface area contributed by atoms with Gasteiger partial charge in [-0.25, -0.2) is 23.7 Å². The molecule has 0 saturated carbocycles. The van der Waals surface area contributed by atoms with E-state index in [1.54, 1.807) is 68.0 Å². The van der Waals surface area contributed by atoms with E-state index in [0.717, 1.165) is 27.8 Å². The van der Waals surface area contributed by atoms with Crippen molar-refractivity contribution in [2.24, 2.45) is 14.1 Å². The van der Waals surface area contributed by atoms with E-state index in [2.05, 4.69) is 51.0 Å². The number of rotatable bonds is 7. The third kappa shape index (κ3) is 6.32. The third-order valence-corrected chi connectivity index (χ3v) is 7.24. The van der Waals surface area contributed by atoms with Crippen LogP contribution in [0.15, 0.2) is 92.0 Å². The first-order valence-electron chi connectivity index (χ1n) is 14.4. The maximum atomic E-state index is 13.6. The molecule has 2 N–H and O–H groups in total. The molecular weight excluding hydrogens is 639 g/mol. The van der Waals surface area contributed by atoms with Crippen LogP contribution in [0.1, 0.15) is 0 Å². The molecule has 240 valence electrons. The third-order valence-electron chi connectivity index (χ3n) is 6.99. The van der Waals surface area contributed by atoms with Gasteiger partial charge in [0.2, 0.25) is 11.9 Å². The van der Waals surface area contributed by atoms with Crippen LogP contribution in [0.4, 0.5) is 27.7 Å². The molecule has 17 heteroatoms. The average molecular weight is 665 g/mol. The van der Waals surface area contributed by atoms with Crippen molar-refractivity contribution in [3.8, 4) is 17.1 Å². The Labute approximate surface area is 276 Å². The van der Waals surface area contributed by atoms with Crippen molar-refractivity contribution in [3.63, 3.8) is 0 Å². The van der Waals surface area contributed by atoms with E-state index in [1.165, 1.54) is 13.2 Å². The maximum absolute atomic E-state index is 13.6. The van der Waals surface area contributed by atoms with Crippen LogP contribution >= 0.6 is 11.6 Å². The standard InChI is InChI=1S/C16H14FN7O.C15H12ClN7/c1-23-9-11(8-19-23)21-16-18-6-10-7-20-24(15(10)22-16)12-3-4-13(17)14(5-12)25-2;1-22-9-12(8-18-22)20-15-17-6-10-7-19-23(14(10)21-15)13-4-2-11(16)3-5-13/h3-9H,1-2H3,(H,18,21,22);2-9H,1H3,(H,17,20,21). The van der Waals surface area contributed by atoms with Crippen molar-refractivity contribution < 1.29 is 9.13 Å². The molecule has 15 nitrogen and oxygen atoms in total. The number of halogens is 2. The molecule has 6 heterocycles. The summed E-state index contributed by atoms with van der Waals surface area (Å²) in [5, 5.41) is 25.4. The van der Waals surface area contributed by atoms with Gasteiger partial charge in [-0.2, -0.15) is 30.4 Å². The molecule has 0 aliphatic carbocycles. The molecular formula is C31H26ClFN14O. The Morgan fingerprint density at radius 2 is 1.19 bits per heavy atom. The zero-order valence-electron chi connectivity index (χ0n) is 25.7. The van der Waals surface area contributed by atoms with Crippen molar-refractivity contribution in [2.45, 2.75) is 0 Å². The quantitative estimate of drug-likeness (QED) is 0.225. The van der Waals surface area contributed by atoms with Gasteiger partial charge in [0, 0.05) is 50.0 Å². The summed E-state index contributed by atoms with van der Waals surface area (Å²) in [7, 11) is 5.10. The first-order valence-corrected chi connectivity index (χ1v) is 14.7. The van der Waals surface area contributed by atoms with Gasteiger partial charge in [0.25, 0.3) is 0 Å². The smallest absolute Gasteiger partial charge is 0.229 e. The molecule has 0 spiro atoms. The summed E-state index contributed by atoms with van der Waals surface area (Å²) in [4.78, 5) is 17.6. The monoisotopic (exact) mass is 664 g/mol. The SMILES string of the molecule is COc1cc(-n2ncc3cnc(Nc4cnn(C)c4)nc32)ccc1F.Cn1cc(Nc2ncc3cnn(-c4ccc(Cl)cc4)c3n2)cn1. The fourth-order valence-electron chi connectivity index (χ4n) is 4.73. The molecule has 48 heavy (non-hydrogen) atoms. The van der Waals surface area contributed by atoms with E-state index in [9.17, 15) is 4.39 Å². The van der Waals surface area contributed by atoms with E-state index in [4.69, 9.17) is 16.3 Å². The number of aromatic nitrogens is 12. The number of ether oxygens (including phenoxy) is 1. The van der Waals surface area contributed by atoms with Gasteiger partial charge in [-0.15, -0.1) is 0 Å². The van der Waals surface area contributed by atoms with Crippen LogP contribution in [-0.4, -0.2) is 66.2 Å². The number of methoxy groups -OCH3 is 1. The number of fused-ring (bicyclic) bond motifs is 2. The Morgan fingerprint density at radius 1 is 0.667 bits per heavy atom. The number of hydrogen-bond donors (Lipinski definition) is 2. The maximum Gasteiger partial charge on any atom is 0.229 e. The Balaban J connectivity index is 0.000000152. The summed E-state index contributed by atoms with van der Waals surface area (Å²) in [6.07, 6.45) is 13.8. The van der Waals surface area contributed by atoms with Gasteiger partial charge >= 0.3 is 0 Å². The first-order chi connectivity index (χ1) is 23.3. The highest BCUT2D eigenvalue weighted by molar-refractivity contribution is 6.30. The summed E-state index contributed by atoms with van der Waals surface area (Å²) in [5.74, 6) is 0.609. The largest absolute Gasteiger partial charge is 0.494 e. The molecule has 6 aromatic heterocycles. The highest BCUT2D eigenvalue weighted by atomic mass is 35.5. The fraction of sp³-hybridized carbons (Fsp3) is 0.0968. The number of nitrogens with zero attached hydrogens (tertiary/aromatic N) is 12. The fourth-order valence-corrected chi connectivity index (χ4v) is 4.85. The Kier molecular flexibility index (Phi) is 8.04. The highest BCUT2D eigenvalue weighted by Crippen LogP contribution is 2.24. The van der Waals surface area contributed by atoms with Crippen molar-refractivity contribution in [1.82, 2.24) is 59.1 Å². The number of benzene rings is 2. The lowest BCUT2D eigenvalue weighted by Gasteiger charge is -2.07. The second kappa shape index (κ2) is 12.8. The molecule has 0 atom stereocenters. The van der Waals surface area contributed by atoms with Crippen LogP contribution in [0.3, 0.4) is 0 Å². The predicted octanol–water partition coefficient (Wildman–Crippen LogP) is 5.39. The van der Waals surface area contributed by atoms with Gasteiger partial charge in [-0.3, -0.25) is 9.36 Å². The highest BCUT2D eigenvalue weighted by Gasteiger charge is 2.12. The van der Waals surface area contributed by atoms with E-state index in [0.29, 0.717) is 33.9 Å². The van der Waals surface area contributed by atoms with Crippen molar-refractivity contribution >= 4 is 56.9 Å². The zero-order valence-corrected chi connectivity index (χ0v) is 26.4. The van der Waals surface area contributed by atoms with Gasteiger partial charge in [0.05, 0.1) is 65.4 Å². The summed E-state index contributed by atoms with van der Waals surface area (Å²) >= 11 is 5.94. The second-order valence-electron chi connectivity index (χ2n) is 10.4. The summed E-state index contributed by atoms with van der Waals surface area (Å²) in [5.41, 5.74) is 4.43. The van der Waals surface area contributed by atoms with Crippen LogP contribution in [0.2, 0.25) is 5.02 Å². The Bertz CT molecular complexity index is 2360. The van der Waals surface area contributed by atoms with E-state index in [-0.39, 0.29) is 5.75 Å². The molecule has 8 aromatic rings. The Morgan fingerprint density at radius 3 is 1.69 bits per heavy atom. The topological polar surface area (TPSA) is 156 Å². The van der Waals surface area contributed by atoms with E-state index < -0.39 is 5.82 Å². The molecule has 0 radical (unpaired) electrons. The number of hydrogen-bond acceptors (Lipinski definition) is 11. The second-order valence-corrected chi connectivity index (χ2v) is 10.8. The van der Waals surface area contributed by atoms with Gasteiger partial charge in [-0.05, 0) is 36.4 Å². The van der Waals surface area contributed by atoms with Crippen LogP contribution in [0.5, 0.6) is 5.75 Å². The number of aryl methyl sites for hydroxylation is 2. The van der Waals surface area contributed by atoms with E-state index >= 15 is 0 Å². The van der Waals surface area contributed by atoms with Gasteiger partial charge in [-0.1, -0.05) is 11.6 Å². The van der Waals surface area contributed by atoms with Crippen LogP contribution in [0.25, 0.3) is 33.4 Å². The van der Waals surface area contributed by atoms with E-state index in [1.807, 2.05) is 50.8 Å². The molecule has 0 bridgehead atoms. The van der Waals surface area contributed by atoms with Gasteiger partial charge in [0.15, 0.2) is 22.9 Å². The Hall–Kier alpha value is -6.42. The van der Waals surface area contributed by atoms with Crippen molar-refractivity contribution in [1.29, 1.82) is 0 Å². The molecule has 0 fully saturated rings. The summed E-state index contributed by atoms with van der Waals surface area (Å²) < 4.78 is 25.4. The van der Waals surface area contributed by atoms with Crippen LogP contribution in [0, 0.1) is 5.82 Å². The minimum atomic E-state index is -0.434. The molecule has 0 saturated heterocycles. The minimum Gasteiger partial charge on any atom is -0.494 e. The minimum absolute atomic E-state index is 0.143. The first kappa shape index (κ1) is 30.2. The molecule has 0 aliphatic heterocycles. The van der Waals surface area contributed by atoms with Crippen LogP contribution < -0.4 is 15.4 Å². The molecule has 0 amide bonds. The predicted molar refractivity (Wildman–Crippen MR) is 178 cm³/mol. The van der Waals surface area contributed by atoms with Crippen molar-refractivity contribution in [3.05, 3.63) is 103 Å². The van der Waals surface area contributed by atoms with Gasteiger partial charge < -0.3 is 15.4 Å². The summed E-state index contributed by atoms with van der Waals surface area (Å²) in [6, 6.07) is 11.9. The van der Waals surface area contributed by atoms with Gasteiger partial charge in [0.1, 0.15) is 0 Å². The number of nitrogens with one attached hydrogen (secondary N) is 2. The number of anilines is 4. The molecule has 2 aromatic carbocycles.